The van der Waals surface area contributed by atoms with Crippen LogP contribution in [0.25, 0.3) is 17.0 Å². The van der Waals surface area contributed by atoms with Crippen molar-refractivity contribution < 1.29 is 19.4 Å². The first-order valence-corrected chi connectivity index (χ1v) is 12.8. The van der Waals surface area contributed by atoms with Gasteiger partial charge in [-0.05, 0) is 61.6 Å². The summed E-state index contributed by atoms with van der Waals surface area (Å²) >= 11 is 0. The average Bonchev–Trinajstić information content (AvgIpc) is 3.33. The smallest absolute Gasteiger partial charge is 0.232 e. The fraction of sp³-hybridized carbons (Fsp3) is 0.433. The number of rotatable bonds is 9. The Morgan fingerprint density at radius 2 is 1.83 bits per heavy atom. The van der Waals surface area contributed by atoms with E-state index in [9.17, 15) is 9.90 Å². The van der Waals surface area contributed by atoms with E-state index in [0.717, 1.165) is 47.4 Å². The molecule has 6 nitrogen and oxygen atoms in total. The number of nitrogens with zero attached hydrogens (tertiary/aromatic N) is 2. The van der Waals surface area contributed by atoms with Crippen LogP contribution in [0, 0.1) is 18.8 Å². The third kappa shape index (κ3) is 5.00. The van der Waals surface area contributed by atoms with E-state index < -0.39 is 0 Å². The van der Waals surface area contributed by atoms with Gasteiger partial charge in [0.2, 0.25) is 5.78 Å². The molecule has 0 amide bonds. The number of aromatic nitrogens is 1. The Morgan fingerprint density at radius 1 is 1.14 bits per heavy atom. The molecule has 0 saturated heterocycles. The van der Waals surface area contributed by atoms with Crippen LogP contribution in [-0.4, -0.2) is 40.6 Å². The van der Waals surface area contributed by atoms with Gasteiger partial charge in [0.1, 0.15) is 17.2 Å². The molecule has 1 aliphatic heterocycles. The van der Waals surface area contributed by atoms with Gasteiger partial charge in [-0.2, -0.15) is 0 Å². The zero-order chi connectivity index (χ0) is 26.1. The van der Waals surface area contributed by atoms with Crippen molar-refractivity contribution in [1.29, 1.82) is 0 Å². The number of fused-ring (bicyclic) bond motifs is 2. The van der Waals surface area contributed by atoms with Crippen LogP contribution < -0.4 is 9.47 Å². The maximum atomic E-state index is 13.5. The number of carbonyl (C=O) groups excluding carboxylic acids is 1. The topological polar surface area (TPSA) is 63.9 Å². The van der Waals surface area contributed by atoms with Gasteiger partial charge in [0.25, 0.3) is 0 Å². The Morgan fingerprint density at radius 3 is 2.44 bits per heavy atom. The minimum absolute atomic E-state index is 0.150. The number of benzene rings is 2. The second-order valence-electron chi connectivity index (χ2n) is 10.6. The lowest BCUT2D eigenvalue weighted by Crippen LogP contribution is -2.31. The first-order chi connectivity index (χ1) is 17.1. The number of hydrogen-bond donors (Lipinski definition) is 1. The molecular formula is C30H38N2O4. The fourth-order valence-electron chi connectivity index (χ4n) is 5.14. The first kappa shape index (κ1) is 25.8. The molecule has 0 spiro atoms. The van der Waals surface area contributed by atoms with Crippen molar-refractivity contribution >= 4 is 22.8 Å². The molecule has 0 radical (unpaired) electrons. The lowest BCUT2D eigenvalue weighted by Gasteiger charge is -2.27. The Balaban J connectivity index is 1.76. The average molecular weight is 491 g/mol. The number of aromatic hydroxyl groups is 1. The molecule has 0 atom stereocenters. The minimum atomic E-state index is -0.150. The van der Waals surface area contributed by atoms with Gasteiger partial charge < -0.3 is 19.1 Å². The number of carbonyl (C=O) groups is 1. The summed E-state index contributed by atoms with van der Waals surface area (Å²) < 4.78 is 13.8. The van der Waals surface area contributed by atoms with Crippen molar-refractivity contribution in [3.63, 3.8) is 0 Å². The van der Waals surface area contributed by atoms with Gasteiger partial charge in [0.15, 0.2) is 5.76 Å². The van der Waals surface area contributed by atoms with Crippen molar-refractivity contribution in [2.75, 3.05) is 20.2 Å². The number of allylic oxidation sites excluding steroid dienone is 1. The molecule has 1 aromatic heterocycles. The van der Waals surface area contributed by atoms with E-state index in [1.54, 1.807) is 13.2 Å². The molecule has 2 heterocycles. The van der Waals surface area contributed by atoms with Crippen molar-refractivity contribution in [3.8, 4) is 17.2 Å². The van der Waals surface area contributed by atoms with Gasteiger partial charge in [0, 0.05) is 48.8 Å². The van der Waals surface area contributed by atoms with Gasteiger partial charge in [-0.1, -0.05) is 27.7 Å². The van der Waals surface area contributed by atoms with Crippen LogP contribution in [0.2, 0.25) is 0 Å². The Kier molecular flexibility index (Phi) is 7.46. The van der Waals surface area contributed by atoms with E-state index in [-0.39, 0.29) is 17.3 Å². The van der Waals surface area contributed by atoms with Gasteiger partial charge in [-0.25, -0.2) is 0 Å². The summed E-state index contributed by atoms with van der Waals surface area (Å²) in [6.07, 6.45) is 3.85. The molecule has 0 aliphatic carbocycles. The van der Waals surface area contributed by atoms with Crippen molar-refractivity contribution in [1.82, 2.24) is 9.47 Å². The highest BCUT2D eigenvalue weighted by molar-refractivity contribution is 6.16. The summed E-state index contributed by atoms with van der Waals surface area (Å²) in [4.78, 5) is 15.9. The van der Waals surface area contributed by atoms with Crippen LogP contribution in [0.3, 0.4) is 0 Å². The maximum absolute atomic E-state index is 13.5. The zero-order valence-electron chi connectivity index (χ0n) is 22.5. The fourth-order valence-corrected chi connectivity index (χ4v) is 5.14. The Bertz CT molecular complexity index is 1310. The highest BCUT2D eigenvalue weighted by Crippen LogP contribution is 2.43. The molecule has 6 heteroatoms. The predicted molar refractivity (Wildman–Crippen MR) is 145 cm³/mol. The highest BCUT2D eigenvalue weighted by atomic mass is 16.5. The molecule has 0 fully saturated rings. The lowest BCUT2D eigenvalue weighted by molar-refractivity contribution is 0.101. The monoisotopic (exact) mass is 490 g/mol. The van der Waals surface area contributed by atoms with Crippen molar-refractivity contribution in [2.24, 2.45) is 11.8 Å². The predicted octanol–water partition coefficient (Wildman–Crippen LogP) is 6.41. The second kappa shape index (κ2) is 10.4. The quantitative estimate of drug-likeness (QED) is 0.351. The van der Waals surface area contributed by atoms with E-state index in [0.29, 0.717) is 35.3 Å². The molecule has 2 aromatic carbocycles. The SMILES string of the molecule is CCn1cc(/C=C2/Oc3c(CN(CC(C)C)CC(C)C)c(O)cc(C)c3C2=O)c2cc(OC)ccc21. The molecule has 192 valence electrons. The molecule has 1 aliphatic rings. The summed E-state index contributed by atoms with van der Waals surface area (Å²) in [5.74, 6) is 2.51. The number of phenolic OH excluding ortho intramolecular Hbond substituents is 1. The standard InChI is InChI=1S/C30H38N2O4/c1-8-32-16-21(23-13-22(35-7)9-10-25(23)32)12-27-29(34)28-20(6)11-26(33)24(30(28)36-27)17-31(14-18(2)3)15-19(4)5/h9-13,16,18-19,33H,8,14-15,17H2,1-7H3/b27-12+. The van der Waals surface area contributed by atoms with Gasteiger partial charge in [0.05, 0.1) is 18.2 Å². The summed E-state index contributed by atoms with van der Waals surface area (Å²) in [6, 6.07) is 7.65. The summed E-state index contributed by atoms with van der Waals surface area (Å²) in [6.45, 7) is 15.8. The van der Waals surface area contributed by atoms with Crippen molar-refractivity contribution in [3.05, 3.63) is 58.5 Å². The van der Waals surface area contributed by atoms with E-state index in [4.69, 9.17) is 9.47 Å². The van der Waals surface area contributed by atoms with Crippen LogP contribution >= 0.6 is 0 Å². The summed E-state index contributed by atoms with van der Waals surface area (Å²) in [7, 11) is 1.65. The van der Waals surface area contributed by atoms with Crippen LogP contribution in [0.4, 0.5) is 0 Å². The third-order valence-electron chi connectivity index (χ3n) is 6.60. The van der Waals surface area contributed by atoms with Gasteiger partial charge in [-0.15, -0.1) is 0 Å². The van der Waals surface area contributed by atoms with Gasteiger partial charge in [-0.3, -0.25) is 9.69 Å². The summed E-state index contributed by atoms with van der Waals surface area (Å²) in [5, 5.41) is 11.9. The van der Waals surface area contributed by atoms with E-state index >= 15 is 0 Å². The number of phenols is 1. The molecule has 3 aromatic rings. The number of Topliss-reactive ketones (excluding diaryl/α,β-unsaturated/α-hetero) is 1. The minimum Gasteiger partial charge on any atom is -0.507 e. The number of methoxy groups -OCH3 is 1. The van der Waals surface area contributed by atoms with Crippen LogP contribution in [0.5, 0.6) is 17.2 Å². The van der Waals surface area contributed by atoms with Gasteiger partial charge >= 0.3 is 0 Å². The molecular weight excluding hydrogens is 452 g/mol. The third-order valence-corrected chi connectivity index (χ3v) is 6.60. The molecule has 4 rings (SSSR count). The Labute approximate surface area is 214 Å². The first-order valence-electron chi connectivity index (χ1n) is 12.8. The molecule has 1 N–H and O–H groups in total. The van der Waals surface area contributed by atoms with Crippen LogP contribution in [0.15, 0.2) is 36.2 Å². The van der Waals surface area contributed by atoms with E-state index in [2.05, 4.69) is 44.1 Å². The number of hydrogen-bond acceptors (Lipinski definition) is 5. The second-order valence-corrected chi connectivity index (χ2v) is 10.6. The number of aryl methyl sites for hydroxylation is 2. The zero-order valence-corrected chi connectivity index (χ0v) is 22.5. The Hall–Kier alpha value is -3.25. The highest BCUT2D eigenvalue weighted by Gasteiger charge is 2.34. The van der Waals surface area contributed by atoms with Crippen molar-refractivity contribution in [2.45, 2.75) is 54.6 Å². The summed E-state index contributed by atoms with van der Waals surface area (Å²) in [5.41, 5.74) is 3.90. The lowest BCUT2D eigenvalue weighted by atomic mass is 9.98. The number of ether oxygens (including phenoxy) is 2. The van der Waals surface area contributed by atoms with E-state index in [1.807, 2.05) is 37.4 Å². The molecule has 0 bridgehead atoms. The van der Waals surface area contributed by atoms with Crippen LogP contribution in [-0.2, 0) is 13.1 Å². The molecule has 0 unspecified atom stereocenters. The number of ketones is 1. The molecule has 0 saturated carbocycles. The van der Waals surface area contributed by atoms with Crippen LogP contribution in [0.1, 0.15) is 61.7 Å². The largest absolute Gasteiger partial charge is 0.507 e. The van der Waals surface area contributed by atoms with E-state index in [1.165, 1.54) is 0 Å². The maximum Gasteiger partial charge on any atom is 0.232 e. The molecule has 36 heavy (non-hydrogen) atoms. The normalized spacial score (nSPS) is 14.5.